The van der Waals surface area contributed by atoms with E-state index < -0.39 is 10.1 Å². The summed E-state index contributed by atoms with van der Waals surface area (Å²) in [5.74, 6) is 0.198. The van der Waals surface area contributed by atoms with Crippen molar-refractivity contribution in [2.24, 2.45) is 0 Å². The van der Waals surface area contributed by atoms with Crippen LogP contribution in [-0.2, 0) is 16.5 Å². The Hall–Kier alpha value is -1.27. The third kappa shape index (κ3) is 7.35. The van der Waals surface area contributed by atoms with Gasteiger partial charge in [-0.2, -0.15) is 8.42 Å². The second-order valence-electron chi connectivity index (χ2n) is 4.97. The van der Waals surface area contributed by atoms with Gasteiger partial charge in [0.05, 0.1) is 5.75 Å². The highest BCUT2D eigenvalue weighted by molar-refractivity contribution is 7.85. The Labute approximate surface area is 120 Å². The van der Waals surface area contributed by atoms with Crippen molar-refractivity contribution in [3.63, 3.8) is 0 Å². The highest BCUT2D eigenvalue weighted by Crippen LogP contribution is 2.24. The summed E-state index contributed by atoms with van der Waals surface area (Å²) in [4.78, 5) is 0. The van der Waals surface area contributed by atoms with Crippen molar-refractivity contribution in [2.45, 2.75) is 44.9 Å². The van der Waals surface area contributed by atoms with Crippen LogP contribution in [0.2, 0.25) is 0 Å². The summed E-state index contributed by atoms with van der Waals surface area (Å²) in [6.07, 6.45) is 5.82. The average molecular weight is 302 g/mol. The highest BCUT2D eigenvalue weighted by Gasteiger charge is 2.04. The molecule has 0 fully saturated rings. The second kappa shape index (κ2) is 8.11. The first-order chi connectivity index (χ1) is 9.38. The lowest BCUT2D eigenvalue weighted by Crippen LogP contribution is -2.03. The lowest BCUT2D eigenvalue weighted by molar-refractivity contribution is 0.452. The topological polar surface area (TPSA) is 94.8 Å². The minimum atomic E-state index is -3.82. The summed E-state index contributed by atoms with van der Waals surface area (Å²) >= 11 is 0. The van der Waals surface area contributed by atoms with Gasteiger partial charge in [0.15, 0.2) is 0 Å². The number of aromatic hydroxyl groups is 2. The van der Waals surface area contributed by atoms with Gasteiger partial charge in [-0.05, 0) is 43.0 Å². The molecule has 0 saturated heterocycles. The number of phenols is 2. The van der Waals surface area contributed by atoms with Crippen LogP contribution in [0.25, 0.3) is 0 Å². The highest BCUT2D eigenvalue weighted by atomic mass is 32.2. The maximum atomic E-state index is 10.5. The van der Waals surface area contributed by atoms with Crippen molar-refractivity contribution in [1.82, 2.24) is 0 Å². The number of unbranched alkanes of at least 4 members (excludes halogenated alkanes) is 5. The quantitative estimate of drug-likeness (QED) is 0.370. The van der Waals surface area contributed by atoms with Gasteiger partial charge < -0.3 is 10.2 Å². The number of rotatable bonds is 9. The number of benzene rings is 1. The van der Waals surface area contributed by atoms with Crippen LogP contribution in [0.1, 0.15) is 44.1 Å². The number of aryl methyl sites for hydroxylation is 1. The average Bonchev–Trinajstić information content (AvgIpc) is 2.35. The van der Waals surface area contributed by atoms with Crippen LogP contribution in [0.4, 0.5) is 0 Å². The molecule has 0 amide bonds. The molecular formula is C14H22O5S. The maximum Gasteiger partial charge on any atom is 0.264 e. The lowest BCUT2D eigenvalue weighted by Gasteiger charge is -2.05. The monoisotopic (exact) mass is 302 g/mol. The number of phenolic OH excluding ortho intramolecular Hbond substituents is 2. The molecule has 0 saturated carbocycles. The molecule has 0 atom stereocenters. The van der Waals surface area contributed by atoms with Gasteiger partial charge in [-0.1, -0.05) is 25.7 Å². The molecule has 3 N–H and O–H groups in total. The Bertz CT molecular complexity index is 510. The standard InChI is InChI=1S/C14H22O5S/c15-13-8-9-14(16)12(11-13)7-5-3-1-2-4-6-10-20(17,18)19/h8-9,11,15-16H,1-7,10H2,(H,17,18,19). The van der Waals surface area contributed by atoms with Gasteiger partial charge in [0.2, 0.25) is 0 Å². The normalized spacial score (nSPS) is 11.7. The van der Waals surface area contributed by atoms with E-state index in [1.807, 2.05) is 0 Å². The van der Waals surface area contributed by atoms with Gasteiger partial charge in [0.25, 0.3) is 10.1 Å². The van der Waals surface area contributed by atoms with Crippen LogP contribution in [0, 0.1) is 0 Å². The molecule has 0 unspecified atom stereocenters. The van der Waals surface area contributed by atoms with E-state index in [0.717, 1.165) is 37.7 Å². The predicted octanol–water partition coefficient (Wildman–Crippen LogP) is 2.87. The molecule has 0 radical (unpaired) electrons. The summed E-state index contributed by atoms with van der Waals surface area (Å²) in [7, 11) is -3.82. The fraction of sp³-hybridized carbons (Fsp3) is 0.571. The molecule has 0 aliphatic carbocycles. The first-order valence-electron chi connectivity index (χ1n) is 6.84. The summed E-state index contributed by atoms with van der Waals surface area (Å²) in [5, 5.41) is 18.9. The van der Waals surface area contributed by atoms with E-state index in [1.165, 1.54) is 12.1 Å². The van der Waals surface area contributed by atoms with Crippen molar-refractivity contribution in [2.75, 3.05) is 5.75 Å². The molecule has 0 aliphatic heterocycles. The van der Waals surface area contributed by atoms with Gasteiger partial charge in [0, 0.05) is 0 Å². The van der Waals surface area contributed by atoms with E-state index in [2.05, 4.69) is 0 Å². The van der Waals surface area contributed by atoms with E-state index in [4.69, 9.17) is 4.55 Å². The fourth-order valence-corrected chi connectivity index (χ4v) is 2.65. The van der Waals surface area contributed by atoms with Crippen LogP contribution < -0.4 is 0 Å². The fourth-order valence-electron chi connectivity index (χ4n) is 2.08. The van der Waals surface area contributed by atoms with Crippen molar-refractivity contribution in [3.8, 4) is 11.5 Å². The summed E-state index contributed by atoms with van der Waals surface area (Å²) in [6, 6.07) is 4.51. The van der Waals surface area contributed by atoms with Gasteiger partial charge in [-0.25, -0.2) is 0 Å². The van der Waals surface area contributed by atoms with Gasteiger partial charge in [0.1, 0.15) is 11.5 Å². The van der Waals surface area contributed by atoms with E-state index in [-0.39, 0.29) is 17.3 Å². The van der Waals surface area contributed by atoms with Crippen LogP contribution in [0.5, 0.6) is 11.5 Å². The van der Waals surface area contributed by atoms with Gasteiger partial charge >= 0.3 is 0 Å². The second-order valence-corrected chi connectivity index (χ2v) is 6.54. The van der Waals surface area contributed by atoms with Crippen molar-refractivity contribution < 1.29 is 23.2 Å². The van der Waals surface area contributed by atoms with Crippen LogP contribution in [-0.4, -0.2) is 28.9 Å². The van der Waals surface area contributed by atoms with Gasteiger partial charge in [-0.15, -0.1) is 0 Å². The van der Waals surface area contributed by atoms with Crippen molar-refractivity contribution >= 4 is 10.1 Å². The Morgan fingerprint density at radius 1 is 0.900 bits per heavy atom. The Morgan fingerprint density at radius 2 is 1.50 bits per heavy atom. The minimum absolute atomic E-state index is 0.156. The third-order valence-corrected chi connectivity index (χ3v) is 3.97. The zero-order valence-electron chi connectivity index (χ0n) is 11.5. The zero-order valence-corrected chi connectivity index (χ0v) is 12.3. The smallest absolute Gasteiger partial charge is 0.264 e. The minimum Gasteiger partial charge on any atom is -0.508 e. The Morgan fingerprint density at radius 3 is 2.15 bits per heavy atom. The maximum absolute atomic E-state index is 10.5. The molecular weight excluding hydrogens is 280 g/mol. The van der Waals surface area contributed by atoms with Crippen LogP contribution >= 0.6 is 0 Å². The summed E-state index contributed by atoms with van der Waals surface area (Å²) in [6.45, 7) is 0. The first kappa shape index (κ1) is 16.8. The molecule has 0 aliphatic rings. The first-order valence-corrected chi connectivity index (χ1v) is 8.45. The molecule has 0 bridgehead atoms. The molecule has 1 aromatic rings. The molecule has 0 heterocycles. The molecule has 6 heteroatoms. The number of hydrogen-bond acceptors (Lipinski definition) is 4. The molecule has 1 aromatic carbocycles. The third-order valence-electron chi connectivity index (χ3n) is 3.16. The van der Waals surface area contributed by atoms with Crippen molar-refractivity contribution in [3.05, 3.63) is 23.8 Å². The zero-order chi connectivity index (χ0) is 15.0. The largest absolute Gasteiger partial charge is 0.508 e. The molecule has 0 spiro atoms. The molecule has 0 aromatic heterocycles. The van der Waals surface area contributed by atoms with E-state index >= 15 is 0 Å². The molecule has 20 heavy (non-hydrogen) atoms. The van der Waals surface area contributed by atoms with E-state index in [1.54, 1.807) is 6.07 Å². The summed E-state index contributed by atoms with van der Waals surface area (Å²) < 4.78 is 29.5. The summed E-state index contributed by atoms with van der Waals surface area (Å²) in [5.41, 5.74) is 0.747. The predicted molar refractivity (Wildman–Crippen MR) is 77.6 cm³/mol. The molecule has 5 nitrogen and oxygen atoms in total. The molecule has 114 valence electrons. The lowest BCUT2D eigenvalue weighted by atomic mass is 10.0. The van der Waals surface area contributed by atoms with Crippen LogP contribution in [0.15, 0.2) is 18.2 Å². The van der Waals surface area contributed by atoms with Gasteiger partial charge in [-0.3, -0.25) is 4.55 Å². The van der Waals surface area contributed by atoms with E-state index in [0.29, 0.717) is 12.8 Å². The SMILES string of the molecule is O=S(=O)(O)CCCCCCCCc1cc(O)ccc1O. The molecule has 1 rings (SSSR count). The Kier molecular flexibility index (Phi) is 6.81. The number of hydrogen-bond donors (Lipinski definition) is 3. The Balaban J connectivity index is 2.09. The van der Waals surface area contributed by atoms with E-state index in [9.17, 15) is 18.6 Å². The van der Waals surface area contributed by atoms with Crippen LogP contribution in [0.3, 0.4) is 0 Å². The van der Waals surface area contributed by atoms with Crippen molar-refractivity contribution in [1.29, 1.82) is 0 Å².